The molecule has 1 aliphatic rings. The molecule has 2 N–H and O–H groups in total. The van der Waals surface area contributed by atoms with Gasteiger partial charge in [0.25, 0.3) is 0 Å². The van der Waals surface area contributed by atoms with E-state index in [1.807, 2.05) is 30.3 Å². The second kappa shape index (κ2) is 4.97. The molecule has 0 radical (unpaired) electrons. The zero-order valence-electron chi connectivity index (χ0n) is 9.36. The van der Waals surface area contributed by atoms with Crippen molar-refractivity contribution in [3.05, 3.63) is 35.9 Å². The van der Waals surface area contributed by atoms with E-state index in [2.05, 4.69) is 0 Å². The van der Waals surface area contributed by atoms with Gasteiger partial charge in [-0.3, -0.25) is 4.79 Å². The highest BCUT2D eigenvalue weighted by Gasteiger charge is 2.20. The van der Waals surface area contributed by atoms with Gasteiger partial charge in [-0.2, -0.15) is 0 Å². The first-order chi connectivity index (χ1) is 7.75. The van der Waals surface area contributed by atoms with Crippen LogP contribution in [0.2, 0.25) is 0 Å². The van der Waals surface area contributed by atoms with Crippen molar-refractivity contribution in [1.82, 2.24) is 0 Å². The van der Waals surface area contributed by atoms with Gasteiger partial charge in [0.15, 0.2) is 5.78 Å². The standard InChI is InChI=1S/C14H17NO/c15-13-8-5-11(6-9-13)7-10-14(16)12-3-1-2-4-12/h5-10,12H,1-4,15H2/b10-7+. The second-order valence-electron chi connectivity index (χ2n) is 4.38. The molecular weight excluding hydrogens is 198 g/mol. The quantitative estimate of drug-likeness (QED) is 0.622. The van der Waals surface area contributed by atoms with Crippen molar-refractivity contribution in [2.45, 2.75) is 25.7 Å². The number of carbonyl (C=O) groups is 1. The van der Waals surface area contributed by atoms with Crippen molar-refractivity contribution >= 4 is 17.5 Å². The van der Waals surface area contributed by atoms with Gasteiger partial charge in [-0.1, -0.05) is 31.1 Å². The van der Waals surface area contributed by atoms with Crippen LogP contribution in [-0.4, -0.2) is 5.78 Å². The average Bonchev–Trinajstić information content (AvgIpc) is 2.81. The Morgan fingerprint density at radius 2 is 1.81 bits per heavy atom. The number of rotatable bonds is 3. The van der Waals surface area contributed by atoms with Crippen LogP contribution in [0, 0.1) is 5.92 Å². The molecule has 1 aromatic rings. The van der Waals surface area contributed by atoms with Gasteiger partial charge >= 0.3 is 0 Å². The highest BCUT2D eigenvalue weighted by molar-refractivity contribution is 5.95. The number of nitrogens with two attached hydrogens (primary N) is 1. The summed E-state index contributed by atoms with van der Waals surface area (Å²) in [5, 5.41) is 0. The predicted octanol–water partition coefficient (Wildman–Crippen LogP) is 3.04. The van der Waals surface area contributed by atoms with E-state index >= 15 is 0 Å². The summed E-state index contributed by atoms with van der Waals surface area (Å²) >= 11 is 0. The van der Waals surface area contributed by atoms with E-state index in [1.165, 1.54) is 12.8 Å². The minimum absolute atomic E-state index is 0.269. The molecule has 1 saturated carbocycles. The van der Waals surface area contributed by atoms with Gasteiger partial charge in [-0.25, -0.2) is 0 Å². The molecule has 1 aliphatic carbocycles. The van der Waals surface area contributed by atoms with Gasteiger partial charge in [0, 0.05) is 11.6 Å². The molecule has 0 amide bonds. The maximum absolute atomic E-state index is 11.8. The summed E-state index contributed by atoms with van der Waals surface area (Å²) in [6.07, 6.45) is 8.11. The van der Waals surface area contributed by atoms with Crippen molar-refractivity contribution < 1.29 is 4.79 Å². The van der Waals surface area contributed by atoms with E-state index in [9.17, 15) is 4.79 Å². The minimum Gasteiger partial charge on any atom is -0.399 e. The Morgan fingerprint density at radius 1 is 1.19 bits per heavy atom. The van der Waals surface area contributed by atoms with Crippen molar-refractivity contribution in [3.63, 3.8) is 0 Å². The molecule has 2 nitrogen and oxygen atoms in total. The van der Waals surface area contributed by atoms with Crippen LogP contribution in [-0.2, 0) is 4.79 Å². The molecule has 2 rings (SSSR count). The van der Waals surface area contributed by atoms with Crippen LogP contribution < -0.4 is 5.73 Å². The van der Waals surface area contributed by atoms with E-state index in [0.29, 0.717) is 0 Å². The molecule has 16 heavy (non-hydrogen) atoms. The normalized spacial score (nSPS) is 17.0. The first kappa shape index (κ1) is 10.9. The molecule has 2 heteroatoms. The Hall–Kier alpha value is -1.57. The first-order valence-corrected chi connectivity index (χ1v) is 5.83. The van der Waals surface area contributed by atoms with Gasteiger partial charge in [0.2, 0.25) is 0 Å². The van der Waals surface area contributed by atoms with Crippen LogP contribution in [0.25, 0.3) is 6.08 Å². The monoisotopic (exact) mass is 215 g/mol. The molecule has 0 aromatic heterocycles. The summed E-state index contributed by atoms with van der Waals surface area (Å²) < 4.78 is 0. The van der Waals surface area contributed by atoms with Crippen LogP contribution in [0.1, 0.15) is 31.2 Å². The molecule has 0 aliphatic heterocycles. The number of hydrogen-bond donors (Lipinski definition) is 1. The van der Waals surface area contributed by atoms with Crippen molar-refractivity contribution in [1.29, 1.82) is 0 Å². The van der Waals surface area contributed by atoms with E-state index in [4.69, 9.17) is 5.73 Å². The SMILES string of the molecule is Nc1ccc(/C=C/C(=O)C2CCCC2)cc1. The third kappa shape index (κ3) is 2.72. The molecule has 1 aromatic carbocycles. The van der Waals surface area contributed by atoms with Gasteiger partial charge in [-0.15, -0.1) is 0 Å². The van der Waals surface area contributed by atoms with Gasteiger partial charge in [0.1, 0.15) is 0 Å². The third-order valence-corrected chi connectivity index (χ3v) is 3.13. The molecule has 0 unspecified atom stereocenters. The molecule has 0 heterocycles. The van der Waals surface area contributed by atoms with Gasteiger partial charge < -0.3 is 5.73 Å². The Morgan fingerprint density at radius 3 is 2.44 bits per heavy atom. The number of nitrogen functional groups attached to an aromatic ring is 1. The van der Waals surface area contributed by atoms with Crippen LogP contribution in [0.15, 0.2) is 30.3 Å². The lowest BCUT2D eigenvalue weighted by atomic mass is 10.0. The Bertz CT molecular complexity index is 386. The largest absolute Gasteiger partial charge is 0.399 e. The summed E-state index contributed by atoms with van der Waals surface area (Å²) in [5.41, 5.74) is 7.37. The molecular formula is C14H17NO. The maximum Gasteiger partial charge on any atom is 0.158 e. The number of anilines is 1. The highest BCUT2D eigenvalue weighted by Crippen LogP contribution is 2.25. The van der Waals surface area contributed by atoms with E-state index in [-0.39, 0.29) is 11.7 Å². The zero-order valence-corrected chi connectivity index (χ0v) is 9.36. The number of carbonyl (C=O) groups excluding carboxylic acids is 1. The van der Waals surface area contributed by atoms with E-state index < -0.39 is 0 Å². The number of ketones is 1. The van der Waals surface area contributed by atoms with E-state index in [1.54, 1.807) is 6.08 Å². The second-order valence-corrected chi connectivity index (χ2v) is 4.38. The summed E-state index contributed by atoms with van der Waals surface area (Å²) in [6, 6.07) is 7.54. The lowest BCUT2D eigenvalue weighted by Crippen LogP contribution is -2.06. The fourth-order valence-corrected chi connectivity index (χ4v) is 2.13. The van der Waals surface area contributed by atoms with Crippen LogP contribution in [0.5, 0.6) is 0 Å². The van der Waals surface area contributed by atoms with Crippen molar-refractivity contribution in [2.24, 2.45) is 5.92 Å². The maximum atomic E-state index is 11.8. The van der Waals surface area contributed by atoms with Crippen LogP contribution in [0.4, 0.5) is 5.69 Å². The summed E-state index contributed by atoms with van der Waals surface area (Å²) in [7, 11) is 0. The molecule has 0 saturated heterocycles. The minimum atomic E-state index is 0.269. The summed E-state index contributed by atoms with van der Waals surface area (Å²) in [5.74, 6) is 0.541. The summed E-state index contributed by atoms with van der Waals surface area (Å²) in [4.78, 5) is 11.8. The number of allylic oxidation sites excluding steroid dienone is 1. The summed E-state index contributed by atoms with van der Waals surface area (Å²) in [6.45, 7) is 0. The fourth-order valence-electron chi connectivity index (χ4n) is 2.13. The van der Waals surface area contributed by atoms with Crippen LogP contribution in [0.3, 0.4) is 0 Å². The molecule has 0 bridgehead atoms. The fraction of sp³-hybridized carbons (Fsp3) is 0.357. The molecule has 0 spiro atoms. The zero-order chi connectivity index (χ0) is 11.4. The van der Waals surface area contributed by atoms with Crippen molar-refractivity contribution in [2.75, 3.05) is 5.73 Å². The lowest BCUT2D eigenvalue weighted by Gasteiger charge is -2.02. The molecule has 0 atom stereocenters. The Labute approximate surface area is 96.2 Å². The smallest absolute Gasteiger partial charge is 0.158 e. The number of benzene rings is 1. The average molecular weight is 215 g/mol. The van der Waals surface area contributed by atoms with E-state index in [0.717, 1.165) is 24.1 Å². The van der Waals surface area contributed by atoms with Crippen molar-refractivity contribution in [3.8, 4) is 0 Å². The van der Waals surface area contributed by atoms with Gasteiger partial charge in [0.05, 0.1) is 0 Å². The Balaban J connectivity index is 1.97. The topological polar surface area (TPSA) is 43.1 Å². The number of hydrogen-bond acceptors (Lipinski definition) is 2. The predicted molar refractivity (Wildman–Crippen MR) is 66.9 cm³/mol. The van der Waals surface area contributed by atoms with Gasteiger partial charge in [-0.05, 0) is 36.6 Å². The molecule has 1 fully saturated rings. The van der Waals surface area contributed by atoms with Crippen LogP contribution >= 0.6 is 0 Å². The molecule has 84 valence electrons. The Kier molecular flexibility index (Phi) is 3.40. The lowest BCUT2D eigenvalue weighted by molar-refractivity contribution is -0.117. The third-order valence-electron chi connectivity index (χ3n) is 3.13. The highest BCUT2D eigenvalue weighted by atomic mass is 16.1. The first-order valence-electron chi connectivity index (χ1n) is 5.83.